The highest BCUT2D eigenvalue weighted by atomic mass is 32.1. The number of pyridine rings is 2. The lowest BCUT2D eigenvalue weighted by Crippen LogP contribution is -2.38. The Morgan fingerprint density at radius 3 is 2.65 bits per heavy atom. The first kappa shape index (κ1) is 25.8. The van der Waals surface area contributed by atoms with Crippen molar-refractivity contribution in [3.05, 3.63) is 65.3 Å². The van der Waals surface area contributed by atoms with Crippen LogP contribution in [0.5, 0.6) is 11.6 Å². The topological polar surface area (TPSA) is 126 Å². The van der Waals surface area contributed by atoms with E-state index in [1.807, 2.05) is 44.2 Å². The molecule has 0 bridgehead atoms. The van der Waals surface area contributed by atoms with Gasteiger partial charge in [-0.15, -0.1) is 11.3 Å². The molecule has 4 amide bonds. The second-order valence-electron chi connectivity index (χ2n) is 9.91. The first-order valence-electron chi connectivity index (χ1n) is 13.2. The maximum atomic E-state index is 13.7. The SMILES string of the molecule is CCC(=O)N[C@@H]1CC[C@H](NC(=O)c2sc3nccc4c3c2N(c2cnc(Oc3ccccc3)cc2C)C(=O)N4)C1. The van der Waals surface area contributed by atoms with Gasteiger partial charge in [0.2, 0.25) is 11.8 Å². The average Bonchev–Trinajstić information content (AvgIpc) is 3.55. The Morgan fingerprint density at radius 1 is 1.12 bits per heavy atom. The fourth-order valence-electron chi connectivity index (χ4n) is 5.23. The zero-order valence-electron chi connectivity index (χ0n) is 22.1. The van der Waals surface area contributed by atoms with Gasteiger partial charge >= 0.3 is 6.03 Å². The maximum Gasteiger partial charge on any atom is 0.331 e. The van der Waals surface area contributed by atoms with Gasteiger partial charge in [0.25, 0.3) is 5.91 Å². The number of aromatic nitrogens is 2. The van der Waals surface area contributed by atoms with Gasteiger partial charge in [0.05, 0.1) is 28.6 Å². The fourth-order valence-corrected chi connectivity index (χ4v) is 6.29. The highest BCUT2D eigenvalue weighted by molar-refractivity contribution is 7.21. The molecule has 2 atom stereocenters. The van der Waals surface area contributed by atoms with E-state index in [0.717, 1.165) is 18.4 Å². The van der Waals surface area contributed by atoms with E-state index < -0.39 is 6.03 Å². The van der Waals surface area contributed by atoms with Gasteiger partial charge in [0, 0.05) is 30.8 Å². The number of thiophene rings is 1. The monoisotopic (exact) mass is 556 g/mol. The maximum absolute atomic E-state index is 13.7. The highest BCUT2D eigenvalue weighted by Crippen LogP contribution is 2.47. The molecular formula is C29H28N6O4S. The first-order valence-corrected chi connectivity index (χ1v) is 14.0. The number of hydrogen-bond acceptors (Lipinski definition) is 7. The molecule has 204 valence electrons. The molecule has 4 aromatic rings. The van der Waals surface area contributed by atoms with Crippen molar-refractivity contribution >= 4 is 56.5 Å². The van der Waals surface area contributed by atoms with Gasteiger partial charge in [-0.1, -0.05) is 25.1 Å². The summed E-state index contributed by atoms with van der Waals surface area (Å²) >= 11 is 1.25. The van der Waals surface area contributed by atoms with E-state index in [0.29, 0.717) is 56.6 Å². The number of rotatable bonds is 7. The zero-order chi connectivity index (χ0) is 27.8. The Balaban J connectivity index is 1.32. The molecule has 3 aromatic heterocycles. The van der Waals surface area contributed by atoms with E-state index in [2.05, 4.69) is 25.9 Å². The lowest BCUT2D eigenvalue weighted by Gasteiger charge is -2.29. The van der Waals surface area contributed by atoms with E-state index in [1.165, 1.54) is 16.2 Å². The number of ether oxygens (including phenoxy) is 1. The molecule has 3 N–H and O–H groups in total. The molecule has 11 heteroatoms. The minimum absolute atomic E-state index is 0.00957. The summed E-state index contributed by atoms with van der Waals surface area (Å²) in [6, 6.07) is 12.4. The van der Waals surface area contributed by atoms with Gasteiger partial charge in [-0.3, -0.25) is 14.5 Å². The van der Waals surface area contributed by atoms with Crippen molar-refractivity contribution in [2.75, 3.05) is 10.2 Å². The molecule has 1 saturated carbocycles. The number of amides is 4. The predicted octanol–water partition coefficient (Wildman–Crippen LogP) is 5.65. The van der Waals surface area contributed by atoms with Crippen LogP contribution in [-0.2, 0) is 4.79 Å². The van der Waals surface area contributed by atoms with Gasteiger partial charge in [-0.2, -0.15) is 0 Å². The minimum atomic E-state index is -0.391. The van der Waals surface area contributed by atoms with Gasteiger partial charge in [0.1, 0.15) is 15.5 Å². The number of carbonyl (C=O) groups excluding carboxylic acids is 3. The standard InChI is InChI=1S/C29H28N6O4S/c1-3-22(36)32-17-9-10-18(14-17)33-27(37)26-25-24-20(11-12-30-28(24)40-26)34-29(38)35(25)21-15-31-23(13-16(21)2)39-19-7-5-4-6-8-19/h4-8,11-13,15,17-18H,3,9-10,14H2,1-2H3,(H,32,36)(H,33,37)(H,34,38)/t17-,18+/m1/s1. The van der Waals surface area contributed by atoms with Gasteiger partial charge in [-0.05, 0) is 49.9 Å². The second kappa shape index (κ2) is 10.6. The lowest BCUT2D eigenvalue weighted by atomic mass is 10.1. The molecule has 4 heterocycles. The molecule has 10 nitrogen and oxygen atoms in total. The number of carbonyl (C=O) groups is 3. The zero-order valence-corrected chi connectivity index (χ0v) is 22.9. The quantitative estimate of drug-likeness (QED) is 0.270. The summed E-state index contributed by atoms with van der Waals surface area (Å²) in [5, 5.41) is 9.79. The molecule has 40 heavy (non-hydrogen) atoms. The number of urea groups is 1. The van der Waals surface area contributed by atoms with Crippen LogP contribution < -0.4 is 25.6 Å². The number of anilines is 3. The Bertz CT molecular complexity index is 1620. The minimum Gasteiger partial charge on any atom is -0.439 e. The largest absolute Gasteiger partial charge is 0.439 e. The summed E-state index contributed by atoms with van der Waals surface area (Å²) in [5.41, 5.74) is 2.37. The molecule has 1 aliphatic heterocycles. The summed E-state index contributed by atoms with van der Waals surface area (Å²) in [6.07, 6.45) is 5.86. The number of nitrogens with zero attached hydrogens (tertiary/aromatic N) is 3. The van der Waals surface area contributed by atoms with Crippen molar-refractivity contribution < 1.29 is 19.1 Å². The van der Waals surface area contributed by atoms with Crippen LogP contribution in [0.1, 0.15) is 47.8 Å². The third-order valence-corrected chi connectivity index (χ3v) is 8.25. The molecule has 2 aliphatic rings. The molecule has 0 unspecified atom stereocenters. The van der Waals surface area contributed by atoms with Crippen LogP contribution in [0.2, 0.25) is 0 Å². The van der Waals surface area contributed by atoms with Gasteiger partial charge in [-0.25, -0.2) is 14.8 Å². The Labute approximate surface area is 234 Å². The van der Waals surface area contributed by atoms with Gasteiger partial charge < -0.3 is 20.7 Å². The summed E-state index contributed by atoms with van der Waals surface area (Å²) < 4.78 is 5.87. The van der Waals surface area contributed by atoms with Crippen molar-refractivity contribution in [3.8, 4) is 11.6 Å². The van der Waals surface area contributed by atoms with Crippen LogP contribution in [-0.4, -0.2) is 39.9 Å². The van der Waals surface area contributed by atoms with Crippen LogP contribution in [0.15, 0.2) is 54.9 Å². The third kappa shape index (κ3) is 4.84. The van der Waals surface area contributed by atoms with Crippen LogP contribution >= 0.6 is 11.3 Å². The molecular weight excluding hydrogens is 528 g/mol. The molecule has 0 saturated heterocycles. The summed E-state index contributed by atoms with van der Waals surface area (Å²) in [5.74, 6) is 0.784. The predicted molar refractivity (Wildman–Crippen MR) is 154 cm³/mol. The van der Waals surface area contributed by atoms with E-state index in [9.17, 15) is 14.4 Å². The molecule has 1 aromatic carbocycles. The number of para-hydroxylation sites is 1. The third-order valence-electron chi connectivity index (χ3n) is 7.16. The van der Waals surface area contributed by atoms with E-state index >= 15 is 0 Å². The van der Waals surface area contributed by atoms with Gasteiger partial charge in [0.15, 0.2) is 0 Å². The smallest absolute Gasteiger partial charge is 0.331 e. The molecule has 0 radical (unpaired) electrons. The number of benzene rings is 1. The van der Waals surface area contributed by atoms with Crippen molar-refractivity contribution in [3.63, 3.8) is 0 Å². The number of nitrogens with one attached hydrogen (secondary N) is 3. The lowest BCUT2D eigenvalue weighted by molar-refractivity contribution is -0.121. The molecule has 1 aliphatic carbocycles. The summed E-state index contributed by atoms with van der Waals surface area (Å²) in [6.45, 7) is 3.69. The Morgan fingerprint density at radius 2 is 1.90 bits per heavy atom. The first-order chi connectivity index (χ1) is 19.4. The summed E-state index contributed by atoms with van der Waals surface area (Å²) in [7, 11) is 0. The molecule has 1 fully saturated rings. The van der Waals surface area contributed by atoms with E-state index in [-0.39, 0.29) is 23.9 Å². The number of aryl methyl sites for hydroxylation is 1. The fraction of sp³-hybridized carbons (Fsp3) is 0.276. The molecule has 6 rings (SSSR count). The van der Waals surface area contributed by atoms with Crippen molar-refractivity contribution in [2.45, 2.75) is 51.6 Å². The second-order valence-corrected chi connectivity index (χ2v) is 10.9. The van der Waals surface area contributed by atoms with Crippen LogP contribution in [0.4, 0.5) is 21.9 Å². The van der Waals surface area contributed by atoms with E-state index in [4.69, 9.17) is 4.74 Å². The van der Waals surface area contributed by atoms with Crippen LogP contribution in [0.25, 0.3) is 10.2 Å². The Hall–Kier alpha value is -4.51. The normalized spacial score (nSPS) is 17.9. The molecule has 0 spiro atoms. The number of hydrogen-bond donors (Lipinski definition) is 3. The van der Waals surface area contributed by atoms with Crippen LogP contribution in [0, 0.1) is 6.92 Å². The summed E-state index contributed by atoms with van der Waals surface area (Å²) in [4.78, 5) is 50.5. The highest BCUT2D eigenvalue weighted by Gasteiger charge is 2.36. The van der Waals surface area contributed by atoms with Crippen molar-refractivity contribution in [1.82, 2.24) is 20.6 Å². The van der Waals surface area contributed by atoms with Crippen molar-refractivity contribution in [2.24, 2.45) is 0 Å². The van der Waals surface area contributed by atoms with Crippen molar-refractivity contribution in [1.29, 1.82) is 0 Å². The Kier molecular flexibility index (Phi) is 6.81. The average molecular weight is 557 g/mol. The van der Waals surface area contributed by atoms with Crippen LogP contribution in [0.3, 0.4) is 0 Å². The van der Waals surface area contributed by atoms with E-state index in [1.54, 1.807) is 24.5 Å².